The summed E-state index contributed by atoms with van der Waals surface area (Å²) in [6, 6.07) is 11.8. The van der Waals surface area contributed by atoms with Crippen molar-refractivity contribution in [1.82, 2.24) is 14.8 Å². The van der Waals surface area contributed by atoms with Crippen LogP contribution in [-0.4, -0.2) is 44.2 Å². The molecule has 0 saturated carbocycles. The van der Waals surface area contributed by atoms with Gasteiger partial charge in [-0.05, 0) is 28.5 Å². The lowest BCUT2D eigenvalue weighted by molar-refractivity contribution is -0.118. The molecule has 31 heavy (non-hydrogen) atoms. The second kappa shape index (κ2) is 10.3. The van der Waals surface area contributed by atoms with Gasteiger partial charge in [-0.2, -0.15) is 0 Å². The number of thiophene rings is 1. The first-order valence-corrected chi connectivity index (χ1v) is 11.9. The number of thioether (sulfide) groups is 1. The van der Waals surface area contributed by atoms with Gasteiger partial charge in [0.15, 0.2) is 11.0 Å². The largest absolute Gasteiger partial charge is 0.491 e. The molecule has 0 radical (unpaired) electrons. The van der Waals surface area contributed by atoms with Gasteiger partial charge in [0.25, 0.3) is 0 Å². The lowest BCUT2D eigenvalue weighted by atomic mass is 9.86. The van der Waals surface area contributed by atoms with Gasteiger partial charge in [0, 0.05) is 18.7 Å². The number of aliphatic hydroxyl groups is 1. The molecule has 3 aromatic rings. The molecule has 0 saturated heterocycles. The molecule has 0 aliphatic carbocycles. The van der Waals surface area contributed by atoms with Gasteiger partial charge in [-0.25, -0.2) is 0 Å². The number of amides is 1. The van der Waals surface area contributed by atoms with E-state index in [4.69, 9.17) is 10.5 Å². The second-order valence-corrected chi connectivity index (χ2v) is 10.1. The van der Waals surface area contributed by atoms with Gasteiger partial charge in [0.1, 0.15) is 12.4 Å². The highest BCUT2D eigenvalue weighted by atomic mass is 32.2. The summed E-state index contributed by atoms with van der Waals surface area (Å²) in [6.07, 6.45) is -0.497. The molecule has 2 heterocycles. The molecule has 7 nitrogen and oxygen atoms in total. The van der Waals surface area contributed by atoms with E-state index in [0.717, 1.165) is 16.2 Å². The maximum atomic E-state index is 11.3. The van der Waals surface area contributed by atoms with Crippen LogP contribution in [0.4, 0.5) is 0 Å². The quantitative estimate of drug-likeness (QED) is 0.447. The molecular weight excluding hydrogens is 432 g/mol. The van der Waals surface area contributed by atoms with E-state index in [1.807, 2.05) is 46.3 Å². The molecular formula is C22H28N4O3S2. The minimum Gasteiger partial charge on any atom is -0.491 e. The van der Waals surface area contributed by atoms with Crippen LogP contribution >= 0.6 is 23.1 Å². The topological polar surface area (TPSA) is 103 Å². The van der Waals surface area contributed by atoms with E-state index in [9.17, 15) is 9.90 Å². The average Bonchev–Trinajstić information content (AvgIpc) is 3.38. The highest BCUT2D eigenvalue weighted by Crippen LogP contribution is 2.31. The van der Waals surface area contributed by atoms with Crippen molar-refractivity contribution in [3.05, 3.63) is 47.3 Å². The number of benzene rings is 1. The van der Waals surface area contributed by atoms with E-state index >= 15 is 0 Å². The Hall–Kier alpha value is -2.36. The maximum absolute atomic E-state index is 11.3. The van der Waals surface area contributed by atoms with Gasteiger partial charge in [-0.15, -0.1) is 21.5 Å². The third kappa shape index (κ3) is 6.32. The van der Waals surface area contributed by atoms with Gasteiger partial charge in [0.05, 0.1) is 11.0 Å². The van der Waals surface area contributed by atoms with Gasteiger partial charge in [-0.3, -0.25) is 4.79 Å². The molecule has 3 N–H and O–H groups in total. The normalized spacial score (nSPS) is 12.6. The number of nitrogens with two attached hydrogens (primary N) is 1. The zero-order valence-electron chi connectivity index (χ0n) is 17.9. The van der Waals surface area contributed by atoms with E-state index < -0.39 is 6.10 Å². The molecule has 166 valence electrons. The maximum Gasteiger partial charge on any atom is 0.219 e. The number of rotatable bonds is 10. The number of aromatic nitrogens is 3. The first kappa shape index (κ1) is 23.3. The molecule has 0 spiro atoms. The van der Waals surface area contributed by atoms with Crippen LogP contribution in [0.2, 0.25) is 0 Å². The lowest BCUT2D eigenvalue weighted by Gasteiger charge is -2.23. The van der Waals surface area contributed by atoms with Crippen molar-refractivity contribution in [3.63, 3.8) is 0 Å². The second-order valence-electron chi connectivity index (χ2n) is 8.17. The molecule has 9 heteroatoms. The summed E-state index contributed by atoms with van der Waals surface area (Å²) in [5.74, 6) is 1.48. The highest BCUT2D eigenvalue weighted by molar-refractivity contribution is 7.99. The van der Waals surface area contributed by atoms with Crippen LogP contribution in [0.15, 0.2) is 46.9 Å². The number of para-hydroxylation sites is 1. The van der Waals surface area contributed by atoms with Crippen LogP contribution in [0, 0.1) is 0 Å². The summed E-state index contributed by atoms with van der Waals surface area (Å²) in [7, 11) is 0. The van der Waals surface area contributed by atoms with Crippen LogP contribution < -0.4 is 10.5 Å². The van der Waals surface area contributed by atoms with Crippen molar-refractivity contribution in [2.24, 2.45) is 5.73 Å². The van der Waals surface area contributed by atoms with Crippen molar-refractivity contribution in [2.75, 3.05) is 12.4 Å². The van der Waals surface area contributed by atoms with E-state index in [-0.39, 0.29) is 24.3 Å². The van der Waals surface area contributed by atoms with E-state index in [0.29, 0.717) is 23.3 Å². The molecule has 0 bridgehead atoms. The van der Waals surface area contributed by atoms with Gasteiger partial charge in [0.2, 0.25) is 5.91 Å². The van der Waals surface area contributed by atoms with Crippen LogP contribution in [0.5, 0.6) is 5.75 Å². The predicted octanol–water partition coefficient (Wildman–Crippen LogP) is 3.71. The Kier molecular flexibility index (Phi) is 7.74. The third-order valence-corrected chi connectivity index (χ3v) is 6.55. The molecule has 2 aromatic heterocycles. The number of ether oxygens (including phenoxy) is 1. The Bertz CT molecular complexity index is 997. The fourth-order valence-corrected chi connectivity index (χ4v) is 4.61. The van der Waals surface area contributed by atoms with Crippen LogP contribution in [0.3, 0.4) is 0 Å². The number of primary amides is 1. The molecule has 0 unspecified atom stereocenters. The summed E-state index contributed by atoms with van der Waals surface area (Å²) in [5, 5.41) is 21.6. The molecule has 1 amide bonds. The van der Waals surface area contributed by atoms with Gasteiger partial charge < -0.3 is 20.1 Å². The number of nitrogens with zero attached hydrogens (tertiary/aromatic N) is 3. The lowest BCUT2D eigenvalue weighted by Crippen LogP contribution is -2.22. The minimum atomic E-state index is -0.690. The number of hydrogen-bond donors (Lipinski definition) is 2. The molecule has 1 atom stereocenters. The van der Waals surface area contributed by atoms with Crippen molar-refractivity contribution in [3.8, 4) is 16.5 Å². The van der Waals surface area contributed by atoms with E-state index in [2.05, 4.69) is 31.0 Å². The summed E-state index contributed by atoms with van der Waals surface area (Å²) in [5.41, 5.74) is 6.38. The number of carbonyl (C=O) groups excluding carboxylic acids is 1. The van der Waals surface area contributed by atoms with Crippen LogP contribution in [-0.2, 0) is 16.8 Å². The van der Waals surface area contributed by atoms with E-state index in [1.165, 1.54) is 11.8 Å². The average molecular weight is 461 g/mol. The van der Waals surface area contributed by atoms with Crippen LogP contribution in [0.25, 0.3) is 10.7 Å². The standard InChI is InChI=1S/C22H28N4O3S2/c1-22(2,3)16-7-4-5-8-17(16)29-13-15(27)14-31-21-25-24-20(18-9-6-12-30-18)26(21)11-10-19(23)28/h4-9,12,15,27H,10-11,13-14H2,1-3H3,(H2,23,28)/t15-/m1/s1. The summed E-state index contributed by atoms with van der Waals surface area (Å²) in [6.45, 7) is 6.96. The SMILES string of the molecule is CC(C)(C)c1ccccc1OC[C@@H](O)CSc1nnc(-c2cccs2)n1CCC(N)=O. The fraction of sp³-hybridized carbons (Fsp3) is 0.409. The molecule has 0 aliphatic rings. The molecule has 0 aliphatic heterocycles. The smallest absolute Gasteiger partial charge is 0.219 e. The van der Waals surface area contributed by atoms with Gasteiger partial charge >= 0.3 is 0 Å². The summed E-state index contributed by atoms with van der Waals surface area (Å²) >= 11 is 2.93. The molecule has 0 fully saturated rings. The van der Waals surface area contributed by atoms with Crippen molar-refractivity contribution in [2.45, 2.75) is 50.4 Å². The number of hydrogen-bond acceptors (Lipinski definition) is 7. The zero-order valence-corrected chi connectivity index (χ0v) is 19.6. The molecule has 3 rings (SSSR count). The van der Waals surface area contributed by atoms with E-state index in [1.54, 1.807) is 11.3 Å². The highest BCUT2D eigenvalue weighted by Gasteiger charge is 2.20. The first-order valence-electron chi connectivity index (χ1n) is 10.0. The first-order chi connectivity index (χ1) is 14.8. The summed E-state index contributed by atoms with van der Waals surface area (Å²) < 4.78 is 7.80. The zero-order chi connectivity index (χ0) is 22.4. The third-order valence-electron chi connectivity index (χ3n) is 4.57. The Labute approximate surface area is 190 Å². The van der Waals surface area contributed by atoms with Crippen molar-refractivity contribution in [1.29, 1.82) is 0 Å². The fourth-order valence-electron chi connectivity index (χ4n) is 3.02. The van der Waals surface area contributed by atoms with Crippen molar-refractivity contribution >= 4 is 29.0 Å². The minimum absolute atomic E-state index is 0.0503. The Morgan fingerprint density at radius 1 is 1.26 bits per heavy atom. The van der Waals surface area contributed by atoms with Crippen LogP contribution in [0.1, 0.15) is 32.8 Å². The predicted molar refractivity (Wildman–Crippen MR) is 125 cm³/mol. The number of carbonyl (C=O) groups is 1. The summed E-state index contributed by atoms with van der Waals surface area (Å²) in [4.78, 5) is 12.3. The van der Waals surface area contributed by atoms with Gasteiger partial charge in [-0.1, -0.05) is 56.8 Å². The monoisotopic (exact) mass is 460 g/mol. The number of aliphatic hydroxyl groups excluding tert-OH is 1. The Morgan fingerprint density at radius 3 is 2.71 bits per heavy atom. The Balaban J connectivity index is 1.64. The van der Waals surface area contributed by atoms with Crippen molar-refractivity contribution < 1.29 is 14.6 Å². The molecule has 1 aromatic carbocycles. The Morgan fingerprint density at radius 2 is 2.03 bits per heavy atom.